The monoisotopic (exact) mass is 275 g/mol. The molecule has 1 aliphatic heterocycles. The highest BCUT2D eigenvalue weighted by Gasteiger charge is 2.34. The Morgan fingerprint density at radius 2 is 2.00 bits per heavy atom. The predicted octanol–water partition coefficient (Wildman–Crippen LogP) is 0.814. The summed E-state index contributed by atoms with van der Waals surface area (Å²) in [7, 11) is 1.59. The minimum Gasteiger partial charge on any atom is -0.357 e. The van der Waals surface area contributed by atoms with Gasteiger partial charge < -0.3 is 16.0 Å². The van der Waals surface area contributed by atoms with Gasteiger partial charge in [-0.05, 0) is 24.8 Å². The summed E-state index contributed by atoms with van der Waals surface area (Å²) >= 11 is 0. The van der Waals surface area contributed by atoms with Gasteiger partial charge in [-0.1, -0.05) is 30.3 Å². The van der Waals surface area contributed by atoms with E-state index in [9.17, 15) is 9.59 Å². The predicted molar refractivity (Wildman–Crippen MR) is 76.8 cm³/mol. The molecular weight excluding hydrogens is 254 g/mol. The van der Waals surface area contributed by atoms with Crippen LogP contribution in [0.4, 0.5) is 0 Å². The maximum Gasteiger partial charge on any atom is 0.244 e. The van der Waals surface area contributed by atoms with E-state index >= 15 is 0 Å². The van der Waals surface area contributed by atoms with Gasteiger partial charge in [-0.15, -0.1) is 0 Å². The van der Waals surface area contributed by atoms with E-state index in [1.807, 2.05) is 30.3 Å². The molecule has 5 heteroatoms. The third-order valence-electron chi connectivity index (χ3n) is 3.76. The van der Waals surface area contributed by atoms with E-state index in [1.54, 1.807) is 11.9 Å². The van der Waals surface area contributed by atoms with Crippen LogP contribution in [0, 0.1) is 0 Å². The minimum absolute atomic E-state index is 0.113. The molecule has 5 nitrogen and oxygen atoms in total. The van der Waals surface area contributed by atoms with Crippen molar-refractivity contribution in [1.82, 2.24) is 10.2 Å². The fourth-order valence-corrected chi connectivity index (χ4v) is 2.62. The maximum absolute atomic E-state index is 12.6. The molecule has 1 heterocycles. The van der Waals surface area contributed by atoms with Crippen molar-refractivity contribution in [3.63, 3.8) is 0 Å². The first kappa shape index (κ1) is 14.5. The van der Waals surface area contributed by atoms with Crippen LogP contribution in [0.5, 0.6) is 0 Å². The van der Waals surface area contributed by atoms with Crippen LogP contribution in [0.3, 0.4) is 0 Å². The van der Waals surface area contributed by atoms with Crippen molar-refractivity contribution in [3.8, 4) is 0 Å². The molecule has 20 heavy (non-hydrogen) atoms. The average molecular weight is 275 g/mol. The van der Waals surface area contributed by atoms with E-state index < -0.39 is 12.1 Å². The van der Waals surface area contributed by atoms with Crippen LogP contribution in [-0.2, 0) is 9.59 Å². The van der Waals surface area contributed by atoms with Gasteiger partial charge in [0.1, 0.15) is 12.1 Å². The highest BCUT2D eigenvalue weighted by molar-refractivity contribution is 5.90. The SMILES string of the molecule is CNC(=O)C1CCCCN1C(=O)C(N)c1ccccc1. The second-order valence-corrected chi connectivity index (χ2v) is 5.05. The highest BCUT2D eigenvalue weighted by atomic mass is 16.2. The van der Waals surface area contributed by atoms with Crippen LogP contribution in [0.15, 0.2) is 30.3 Å². The molecule has 0 radical (unpaired) electrons. The Balaban J connectivity index is 2.15. The second-order valence-electron chi connectivity index (χ2n) is 5.05. The van der Waals surface area contributed by atoms with Gasteiger partial charge in [-0.25, -0.2) is 0 Å². The molecule has 1 fully saturated rings. The molecule has 2 unspecified atom stereocenters. The van der Waals surface area contributed by atoms with Gasteiger partial charge in [0, 0.05) is 13.6 Å². The van der Waals surface area contributed by atoms with Crippen LogP contribution < -0.4 is 11.1 Å². The zero-order valence-corrected chi connectivity index (χ0v) is 11.7. The van der Waals surface area contributed by atoms with Crippen LogP contribution in [0.2, 0.25) is 0 Å². The van der Waals surface area contributed by atoms with Crippen LogP contribution >= 0.6 is 0 Å². The smallest absolute Gasteiger partial charge is 0.244 e. The van der Waals surface area contributed by atoms with E-state index in [1.165, 1.54) is 0 Å². The van der Waals surface area contributed by atoms with Crippen LogP contribution in [0.1, 0.15) is 30.9 Å². The van der Waals surface area contributed by atoms with Gasteiger partial charge in [-0.2, -0.15) is 0 Å². The number of rotatable bonds is 3. The Labute approximate surface area is 119 Å². The molecule has 108 valence electrons. The Kier molecular flexibility index (Phi) is 4.74. The number of carbonyl (C=O) groups is 2. The average Bonchev–Trinajstić information content (AvgIpc) is 2.53. The zero-order chi connectivity index (χ0) is 14.5. The van der Waals surface area contributed by atoms with E-state index in [2.05, 4.69) is 5.32 Å². The molecule has 2 amide bonds. The van der Waals surface area contributed by atoms with Crippen molar-refractivity contribution < 1.29 is 9.59 Å². The summed E-state index contributed by atoms with van der Waals surface area (Å²) in [5.41, 5.74) is 6.83. The van der Waals surface area contributed by atoms with Crippen molar-refractivity contribution >= 4 is 11.8 Å². The van der Waals surface area contributed by atoms with E-state index in [-0.39, 0.29) is 11.8 Å². The summed E-state index contributed by atoms with van der Waals surface area (Å²) < 4.78 is 0. The summed E-state index contributed by atoms with van der Waals surface area (Å²) in [5.74, 6) is -0.289. The lowest BCUT2D eigenvalue weighted by Crippen LogP contribution is -2.53. The third-order valence-corrected chi connectivity index (χ3v) is 3.76. The number of nitrogens with two attached hydrogens (primary N) is 1. The molecule has 0 aromatic heterocycles. The summed E-state index contributed by atoms with van der Waals surface area (Å²) in [6, 6.07) is 8.17. The fourth-order valence-electron chi connectivity index (χ4n) is 2.62. The Morgan fingerprint density at radius 3 is 2.65 bits per heavy atom. The molecule has 1 aromatic rings. The molecule has 1 aromatic carbocycles. The number of carbonyl (C=O) groups excluding carboxylic acids is 2. The van der Waals surface area contributed by atoms with Gasteiger partial charge in [0.15, 0.2) is 0 Å². The lowest BCUT2D eigenvalue weighted by atomic mass is 9.98. The number of amides is 2. The maximum atomic E-state index is 12.6. The van der Waals surface area contributed by atoms with Gasteiger partial charge >= 0.3 is 0 Å². The lowest BCUT2D eigenvalue weighted by molar-refractivity contribution is -0.143. The highest BCUT2D eigenvalue weighted by Crippen LogP contribution is 2.21. The number of hydrogen-bond acceptors (Lipinski definition) is 3. The summed E-state index contributed by atoms with van der Waals surface area (Å²) in [5, 5.41) is 2.62. The fraction of sp³-hybridized carbons (Fsp3) is 0.467. The number of likely N-dealkylation sites (N-methyl/N-ethyl adjacent to an activating group) is 1. The molecule has 1 aliphatic rings. The molecule has 1 saturated heterocycles. The summed E-state index contributed by atoms with van der Waals surface area (Å²) in [4.78, 5) is 26.1. The molecular formula is C15H21N3O2. The van der Waals surface area contributed by atoms with Gasteiger partial charge in [-0.3, -0.25) is 9.59 Å². The van der Waals surface area contributed by atoms with E-state index in [0.29, 0.717) is 13.0 Å². The number of piperidine rings is 1. The second kappa shape index (κ2) is 6.52. The zero-order valence-electron chi connectivity index (χ0n) is 11.7. The number of benzene rings is 1. The first-order valence-corrected chi connectivity index (χ1v) is 6.97. The van der Waals surface area contributed by atoms with Crippen molar-refractivity contribution in [1.29, 1.82) is 0 Å². The summed E-state index contributed by atoms with van der Waals surface area (Å²) in [6.45, 7) is 0.595. The van der Waals surface area contributed by atoms with Crippen molar-refractivity contribution in [2.75, 3.05) is 13.6 Å². The standard InChI is InChI=1S/C15H21N3O2/c1-17-14(19)12-9-5-6-10-18(12)15(20)13(16)11-7-3-2-4-8-11/h2-4,7-8,12-13H,5-6,9-10,16H2,1H3,(H,17,19). The van der Waals surface area contributed by atoms with Gasteiger partial charge in [0.25, 0.3) is 0 Å². The van der Waals surface area contributed by atoms with Crippen molar-refractivity contribution in [2.24, 2.45) is 5.73 Å². The molecule has 0 saturated carbocycles. The lowest BCUT2D eigenvalue weighted by Gasteiger charge is -2.36. The van der Waals surface area contributed by atoms with Crippen molar-refractivity contribution in [3.05, 3.63) is 35.9 Å². The number of nitrogens with one attached hydrogen (secondary N) is 1. The first-order valence-electron chi connectivity index (χ1n) is 6.97. The van der Waals surface area contributed by atoms with E-state index in [4.69, 9.17) is 5.73 Å². The molecule has 2 atom stereocenters. The van der Waals surface area contributed by atoms with Crippen LogP contribution in [0.25, 0.3) is 0 Å². The Hall–Kier alpha value is -1.88. The van der Waals surface area contributed by atoms with Gasteiger partial charge in [0.2, 0.25) is 11.8 Å². The normalized spacial score (nSPS) is 20.3. The number of likely N-dealkylation sites (tertiary alicyclic amines) is 1. The molecule has 2 rings (SSSR count). The number of nitrogens with zero attached hydrogens (tertiary/aromatic N) is 1. The van der Waals surface area contributed by atoms with Crippen LogP contribution in [-0.4, -0.2) is 36.3 Å². The Morgan fingerprint density at radius 1 is 1.30 bits per heavy atom. The number of hydrogen-bond donors (Lipinski definition) is 2. The Bertz CT molecular complexity index is 475. The molecule has 3 N–H and O–H groups in total. The topological polar surface area (TPSA) is 75.4 Å². The quantitative estimate of drug-likeness (QED) is 0.857. The minimum atomic E-state index is -0.707. The molecule has 0 aliphatic carbocycles. The van der Waals surface area contributed by atoms with E-state index in [0.717, 1.165) is 18.4 Å². The van der Waals surface area contributed by atoms with Gasteiger partial charge in [0.05, 0.1) is 0 Å². The molecule has 0 spiro atoms. The largest absolute Gasteiger partial charge is 0.357 e. The molecule has 0 bridgehead atoms. The first-order chi connectivity index (χ1) is 9.65. The third kappa shape index (κ3) is 2.99. The van der Waals surface area contributed by atoms with Crippen molar-refractivity contribution in [2.45, 2.75) is 31.3 Å². The summed E-state index contributed by atoms with van der Waals surface area (Å²) in [6.07, 6.45) is 2.58.